The Bertz CT molecular complexity index is 368. The zero-order chi connectivity index (χ0) is 10.7. The van der Waals surface area contributed by atoms with Gasteiger partial charge in [0.05, 0.1) is 6.10 Å². The highest BCUT2D eigenvalue weighted by molar-refractivity contribution is 8.55. The topological polar surface area (TPSA) is 35.5 Å². The van der Waals surface area contributed by atoms with Crippen molar-refractivity contribution < 1.29 is 13.6 Å². The summed E-state index contributed by atoms with van der Waals surface area (Å²) < 4.78 is 22.9. The molecular weight excluding hydrogens is 231 g/mol. The fourth-order valence-electron chi connectivity index (χ4n) is 1.29. The van der Waals surface area contributed by atoms with Crippen molar-refractivity contribution in [1.29, 1.82) is 0 Å². The number of para-hydroxylation sites is 1. The van der Waals surface area contributed by atoms with E-state index in [2.05, 4.69) is 0 Å². The number of rotatable bonds is 2. The molecule has 1 aliphatic heterocycles. The molecule has 3 nitrogen and oxygen atoms in total. The van der Waals surface area contributed by atoms with Gasteiger partial charge in [-0.05, 0) is 36.9 Å². The SMILES string of the molecule is C[C@H]1CCS[P@@](=O)(Oc2ccccc2)O1. The summed E-state index contributed by atoms with van der Waals surface area (Å²) in [6, 6.07) is 9.14. The van der Waals surface area contributed by atoms with E-state index in [-0.39, 0.29) is 6.10 Å². The largest absolute Gasteiger partial charge is 0.440 e. The lowest BCUT2D eigenvalue weighted by atomic mass is 10.3. The molecule has 5 heteroatoms. The van der Waals surface area contributed by atoms with E-state index in [1.54, 1.807) is 12.1 Å². The van der Waals surface area contributed by atoms with Gasteiger partial charge in [-0.1, -0.05) is 18.2 Å². The van der Waals surface area contributed by atoms with E-state index in [0.717, 1.165) is 12.2 Å². The molecule has 2 atom stereocenters. The quantitative estimate of drug-likeness (QED) is 0.743. The molecule has 0 unspecified atom stereocenters. The summed E-state index contributed by atoms with van der Waals surface area (Å²) in [4.78, 5) is 0. The molecule has 0 saturated carbocycles. The average molecular weight is 244 g/mol. The van der Waals surface area contributed by atoms with Gasteiger partial charge in [0.1, 0.15) is 5.75 Å². The van der Waals surface area contributed by atoms with E-state index in [1.165, 1.54) is 11.4 Å². The summed E-state index contributed by atoms with van der Waals surface area (Å²) in [5, 5.41) is 0. The van der Waals surface area contributed by atoms with Crippen molar-refractivity contribution in [2.75, 3.05) is 5.75 Å². The summed E-state index contributed by atoms with van der Waals surface area (Å²) in [5.74, 6) is 1.42. The van der Waals surface area contributed by atoms with Crippen LogP contribution in [0.4, 0.5) is 0 Å². The molecule has 0 amide bonds. The van der Waals surface area contributed by atoms with Crippen LogP contribution in [0.25, 0.3) is 0 Å². The van der Waals surface area contributed by atoms with Gasteiger partial charge in [-0.25, -0.2) is 4.57 Å². The van der Waals surface area contributed by atoms with Crippen molar-refractivity contribution in [2.24, 2.45) is 0 Å². The zero-order valence-corrected chi connectivity index (χ0v) is 10.2. The van der Waals surface area contributed by atoms with Crippen LogP contribution in [0, 0.1) is 0 Å². The first-order chi connectivity index (χ1) is 7.18. The molecule has 1 heterocycles. The minimum Gasteiger partial charge on any atom is -0.417 e. The third-order valence-electron chi connectivity index (χ3n) is 2.04. The first-order valence-corrected chi connectivity index (χ1v) is 7.99. The molecule has 1 saturated heterocycles. The highest BCUT2D eigenvalue weighted by Gasteiger charge is 2.33. The zero-order valence-electron chi connectivity index (χ0n) is 8.46. The Morgan fingerprint density at radius 2 is 2.20 bits per heavy atom. The normalized spacial score (nSPS) is 31.1. The highest BCUT2D eigenvalue weighted by Crippen LogP contribution is 2.63. The van der Waals surface area contributed by atoms with E-state index in [0.29, 0.717) is 5.75 Å². The molecule has 0 aliphatic carbocycles. The van der Waals surface area contributed by atoms with Gasteiger partial charge in [-0.2, -0.15) is 0 Å². The third-order valence-corrected chi connectivity index (χ3v) is 5.81. The van der Waals surface area contributed by atoms with Crippen LogP contribution in [0.5, 0.6) is 5.75 Å². The molecule has 0 N–H and O–H groups in total. The molecule has 0 aromatic heterocycles. The van der Waals surface area contributed by atoms with E-state index >= 15 is 0 Å². The Labute approximate surface area is 93.4 Å². The fourth-order valence-corrected chi connectivity index (χ4v) is 5.06. The van der Waals surface area contributed by atoms with Gasteiger partial charge < -0.3 is 4.52 Å². The Kier molecular flexibility index (Phi) is 3.39. The van der Waals surface area contributed by atoms with Crippen molar-refractivity contribution in [3.63, 3.8) is 0 Å². The van der Waals surface area contributed by atoms with E-state index in [4.69, 9.17) is 9.05 Å². The first-order valence-electron chi connectivity index (χ1n) is 4.86. The maximum atomic E-state index is 12.1. The first kappa shape index (κ1) is 11.1. The van der Waals surface area contributed by atoms with Gasteiger partial charge in [0.25, 0.3) is 0 Å². The predicted octanol–water partition coefficient (Wildman–Crippen LogP) is 3.72. The minimum atomic E-state index is -2.97. The van der Waals surface area contributed by atoms with Gasteiger partial charge in [0.15, 0.2) is 0 Å². The summed E-state index contributed by atoms with van der Waals surface area (Å²) in [6.07, 6.45) is 0.938. The summed E-state index contributed by atoms with van der Waals surface area (Å²) in [6.45, 7) is -1.06. The van der Waals surface area contributed by atoms with Crippen molar-refractivity contribution in [3.8, 4) is 5.75 Å². The number of hydrogen-bond donors (Lipinski definition) is 0. The van der Waals surface area contributed by atoms with Crippen molar-refractivity contribution in [1.82, 2.24) is 0 Å². The maximum absolute atomic E-state index is 12.1. The van der Waals surface area contributed by atoms with E-state index in [9.17, 15) is 4.57 Å². The van der Waals surface area contributed by atoms with Gasteiger partial charge in [-0.3, -0.25) is 4.52 Å². The summed E-state index contributed by atoms with van der Waals surface area (Å²) >= 11 is 1.28. The van der Waals surface area contributed by atoms with Crippen LogP contribution < -0.4 is 4.52 Å². The minimum absolute atomic E-state index is 0.0146. The Morgan fingerprint density at radius 3 is 2.87 bits per heavy atom. The van der Waals surface area contributed by atoms with Crippen molar-refractivity contribution in [2.45, 2.75) is 19.4 Å². The monoisotopic (exact) mass is 244 g/mol. The number of hydrogen-bond acceptors (Lipinski definition) is 4. The smallest absolute Gasteiger partial charge is 0.417 e. The maximum Gasteiger partial charge on any atom is 0.440 e. The molecule has 0 radical (unpaired) electrons. The van der Waals surface area contributed by atoms with Crippen LogP contribution in [0.2, 0.25) is 0 Å². The second-order valence-electron chi connectivity index (χ2n) is 3.39. The Hall–Kier alpha value is -0.440. The molecule has 1 fully saturated rings. The lowest BCUT2D eigenvalue weighted by Crippen LogP contribution is -2.13. The fraction of sp³-hybridized carbons (Fsp3) is 0.400. The summed E-state index contributed by atoms with van der Waals surface area (Å²) in [5.41, 5.74) is 0. The van der Waals surface area contributed by atoms with Crippen molar-refractivity contribution in [3.05, 3.63) is 30.3 Å². The van der Waals surface area contributed by atoms with Gasteiger partial charge >= 0.3 is 6.80 Å². The Morgan fingerprint density at radius 1 is 1.47 bits per heavy atom. The summed E-state index contributed by atoms with van der Waals surface area (Å²) in [7, 11) is 0. The molecular formula is C10H13O3PS. The van der Waals surface area contributed by atoms with Crippen molar-refractivity contribution >= 4 is 18.2 Å². The average Bonchev–Trinajstić information content (AvgIpc) is 2.18. The molecule has 15 heavy (non-hydrogen) atoms. The molecule has 1 aliphatic rings. The lowest BCUT2D eigenvalue weighted by molar-refractivity contribution is 0.197. The molecule has 1 aromatic carbocycles. The molecule has 1 aromatic rings. The predicted molar refractivity (Wildman–Crippen MR) is 62.3 cm³/mol. The Balaban J connectivity index is 2.07. The molecule has 0 spiro atoms. The molecule has 82 valence electrons. The third kappa shape index (κ3) is 3.00. The number of benzene rings is 1. The van der Waals surface area contributed by atoms with E-state index in [1.807, 2.05) is 25.1 Å². The van der Waals surface area contributed by atoms with Crippen LogP contribution in [0.1, 0.15) is 13.3 Å². The molecule has 2 rings (SSSR count). The second kappa shape index (κ2) is 4.60. The van der Waals surface area contributed by atoms with Crippen LogP contribution >= 0.6 is 18.2 Å². The molecule has 0 bridgehead atoms. The van der Waals surface area contributed by atoms with Crippen LogP contribution in [-0.2, 0) is 9.09 Å². The van der Waals surface area contributed by atoms with Gasteiger partial charge in [0, 0.05) is 5.75 Å². The standard InChI is InChI=1S/C10H13O3PS/c1-9-7-8-15-14(11,12-9)13-10-5-3-2-4-6-10/h2-6,9H,7-8H2,1H3/t9-,14+/m0/s1. The van der Waals surface area contributed by atoms with Gasteiger partial charge in [-0.15, -0.1) is 0 Å². The van der Waals surface area contributed by atoms with Crippen LogP contribution in [0.3, 0.4) is 0 Å². The van der Waals surface area contributed by atoms with E-state index < -0.39 is 6.80 Å². The van der Waals surface area contributed by atoms with Crippen LogP contribution in [0.15, 0.2) is 30.3 Å². The highest BCUT2D eigenvalue weighted by atomic mass is 32.7. The van der Waals surface area contributed by atoms with Crippen LogP contribution in [-0.4, -0.2) is 11.9 Å². The van der Waals surface area contributed by atoms with Gasteiger partial charge in [0.2, 0.25) is 0 Å². The second-order valence-corrected chi connectivity index (χ2v) is 7.46. The lowest BCUT2D eigenvalue weighted by Gasteiger charge is -2.26.